The quantitative estimate of drug-likeness (QED) is 0.766. The second-order valence-electron chi connectivity index (χ2n) is 4.93. The average Bonchev–Trinajstić information content (AvgIpc) is 2.62. The number of rotatable bonds is 5. The Morgan fingerprint density at radius 1 is 1.00 bits per heavy atom. The lowest BCUT2D eigenvalue weighted by molar-refractivity contribution is 0.0951. The van der Waals surface area contributed by atoms with Gasteiger partial charge < -0.3 is 10.1 Å². The van der Waals surface area contributed by atoms with Crippen molar-refractivity contribution in [2.24, 2.45) is 0 Å². The highest BCUT2D eigenvalue weighted by Gasteiger charge is 2.07. The molecule has 5 nitrogen and oxygen atoms in total. The first-order valence-corrected chi connectivity index (χ1v) is 7.67. The summed E-state index contributed by atoms with van der Waals surface area (Å²) >= 11 is 6.07. The standard InChI is InChI=1S/C18H14ClN3O2/c19-16-5-2-1-4-14(16)12-22-17(23)13-6-8-15(9-7-13)24-18-20-10-3-11-21-18/h1-11H,12H2,(H,22,23). The zero-order chi connectivity index (χ0) is 16.8. The van der Waals surface area contributed by atoms with Crippen LogP contribution in [-0.2, 0) is 6.54 Å². The number of nitrogens with one attached hydrogen (secondary N) is 1. The minimum absolute atomic E-state index is 0.183. The lowest BCUT2D eigenvalue weighted by Gasteiger charge is -2.08. The van der Waals surface area contributed by atoms with Gasteiger partial charge in [-0.1, -0.05) is 29.8 Å². The molecule has 6 heteroatoms. The van der Waals surface area contributed by atoms with Crippen molar-refractivity contribution in [3.05, 3.63) is 83.1 Å². The number of carbonyl (C=O) groups is 1. The molecular formula is C18H14ClN3O2. The molecule has 0 aliphatic rings. The van der Waals surface area contributed by atoms with Gasteiger partial charge in [-0.05, 0) is 42.0 Å². The Morgan fingerprint density at radius 2 is 1.71 bits per heavy atom. The molecule has 0 unspecified atom stereocenters. The smallest absolute Gasteiger partial charge is 0.321 e. The molecule has 0 bridgehead atoms. The summed E-state index contributed by atoms with van der Waals surface area (Å²) < 4.78 is 5.49. The van der Waals surface area contributed by atoms with Gasteiger partial charge in [0.2, 0.25) is 0 Å². The first-order valence-electron chi connectivity index (χ1n) is 7.29. The maximum absolute atomic E-state index is 12.2. The van der Waals surface area contributed by atoms with Crippen molar-refractivity contribution in [3.8, 4) is 11.8 Å². The van der Waals surface area contributed by atoms with E-state index in [2.05, 4.69) is 15.3 Å². The first-order chi connectivity index (χ1) is 11.7. The normalized spacial score (nSPS) is 10.2. The lowest BCUT2D eigenvalue weighted by Crippen LogP contribution is -2.22. The molecule has 1 amide bonds. The van der Waals surface area contributed by atoms with Gasteiger partial charge in [0.15, 0.2) is 0 Å². The van der Waals surface area contributed by atoms with Crippen molar-refractivity contribution >= 4 is 17.5 Å². The summed E-state index contributed by atoms with van der Waals surface area (Å²) in [4.78, 5) is 20.1. The Balaban J connectivity index is 1.61. The Morgan fingerprint density at radius 3 is 2.42 bits per heavy atom. The molecule has 3 rings (SSSR count). The molecular weight excluding hydrogens is 326 g/mol. The van der Waals surface area contributed by atoms with Gasteiger partial charge in [0.05, 0.1) is 0 Å². The average molecular weight is 340 g/mol. The maximum atomic E-state index is 12.2. The van der Waals surface area contributed by atoms with Crippen LogP contribution >= 0.6 is 11.6 Å². The molecule has 0 atom stereocenters. The molecule has 1 N–H and O–H groups in total. The third kappa shape index (κ3) is 4.08. The highest BCUT2D eigenvalue weighted by molar-refractivity contribution is 6.31. The van der Waals surface area contributed by atoms with Crippen molar-refractivity contribution in [2.75, 3.05) is 0 Å². The van der Waals surface area contributed by atoms with Crippen LogP contribution in [0.5, 0.6) is 11.8 Å². The van der Waals surface area contributed by atoms with E-state index in [0.29, 0.717) is 22.9 Å². The SMILES string of the molecule is O=C(NCc1ccccc1Cl)c1ccc(Oc2ncccn2)cc1. The summed E-state index contributed by atoms with van der Waals surface area (Å²) in [5.41, 5.74) is 1.40. The molecule has 0 aliphatic carbocycles. The number of hydrogen-bond acceptors (Lipinski definition) is 4. The molecule has 120 valence electrons. The van der Waals surface area contributed by atoms with Crippen LogP contribution in [0, 0.1) is 0 Å². The van der Waals surface area contributed by atoms with E-state index in [1.54, 1.807) is 48.8 Å². The molecule has 0 saturated carbocycles. The fraction of sp³-hybridized carbons (Fsp3) is 0.0556. The van der Waals surface area contributed by atoms with Gasteiger partial charge in [0, 0.05) is 29.5 Å². The summed E-state index contributed by atoms with van der Waals surface area (Å²) in [6.45, 7) is 0.370. The molecule has 0 saturated heterocycles. The lowest BCUT2D eigenvalue weighted by atomic mass is 10.2. The second kappa shape index (κ2) is 7.57. The van der Waals surface area contributed by atoms with Crippen molar-refractivity contribution in [3.63, 3.8) is 0 Å². The highest BCUT2D eigenvalue weighted by Crippen LogP contribution is 2.18. The van der Waals surface area contributed by atoms with Crippen LogP contribution in [0.4, 0.5) is 0 Å². The fourth-order valence-corrected chi connectivity index (χ4v) is 2.24. The molecule has 0 fully saturated rings. The summed E-state index contributed by atoms with van der Waals surface area (Å²) in [7, 11) is 0. The van der Waals surface area contributed by atoms with E-state index in [1.807, 2.05) is 18.2 Å². The number of benzene rings is 2. The largest absolute Gasteiger partial charge is 0.424 e. The number of ether oxygens (including phenoxy) is 1. The molecule has 24 heavy (non-hydrogen) atoms. The maximum Gasteiger partial charge on any atom is 0.321 e. The summed E-state index contributed by atoms with van der Waals surface area (Å²) in [6, 6.07) is 16.1. The van der Waals surface area contributed by atoms with Gasteiger partial charge in [-0.15, -0.1) is 0 Å². The van der Waals surface area contributed by atoms with Crippen molar-refractivity contribution in [2.45, 2.75) is 6.54 Å². The zero-order valence-electron chi connectivity index (χ0n) is 12.6. The minimum atomic E-state index is -0.183. The van der Waals surface area contributed by atoms with Crippen LogP contribution in [-0.4, -0.2) is 15.9 Å². The van der Waals surface area contributed by atoms with Crippen LogP contribution in [0.2, 0.25) is 5.02 Å². The Hall–Kier alpha value is -2.92. The number of nitrogens with zero attached hydrogens (tertiary/aromatic N) is 2. The molecule has 0 spiro atoms. The third-order valence-corrected chi connectivity index (χ3v) is 3.63. The predicted molar refractivity (Wildman–Crippen MR) is 91.2 cm³/mol. The minimum Gasteiger partial charge on any atom is -0.424 e. The number of halogens is 1. The summed E-state index contributed by atoms with van der Waals surface area (Å²) in [5.74, 6) is 0.376. The molecule has 3 aromatic rings. The number of carbonyl (C=O) groups excluding carboxylic acids is 1. The van der Waals surface area contributed by atoms with E-state index in [1.165, 1.54) is 0 Å². The van der Waals surface area contributed by atoms with Crippen LogP contribution in [0.25, 0.3) is 0 Å². The van der Waals surface area contributed by atoms with Gasteiger partial charge in [-0.3, -0.25) is 4.79 Å². The number of aromatic nitrogens is 2. The van der Waals surface area contributed by atoms with E-state index in [0.717, 1.165) is 5.56 Å². The van der Waals surface area contributed by atoms with Crippen LogP contribution in [0.1, 0.15) is 15.9 Å². The zero-order valence-corrected chi connectivity index (χ0v) is 13.4. The van der Waals surface area contributed by atoms with Crippen LogP contribution < -0.4 is 10.1 Å². The molecule has 1 aromatic heterocycles. The topological polar surface area (TPSA) is 64.1 Å². The van der Waals surface area contributed by atoms with Crippen molar-refractivity contribution < 1.29 is 9.53 Å². The molecule has 0 aliphatic heterocycles. The molecule has 2 aromatic carbocycles. The number of hydrogen-bond donors (Lipinski definition) is 1. The van der Waals surface area contributed by atoms with Gasteiger partial charge in [-0.2, -0.15) is 0 Å². The number of amides is 1. The Kier molecular flexibility index (Phi) is 5.03. The van der Waals surface area contributed by atoms with Crippen LogP contribution in [0.15, 0.2) is 67.0 Å². The fourth-order valence-electron chi connectivity index (χ4n) is 2.04. The highest BCUT2D eigenvalue weighted by atomic mass is 35.5. The molecule has 0 radical (unpaired) electrons. The van der Waals surface area contributed by atoms with E-state index >= 15 is 0 Å². The van der Waals surface area contributed by atoms with E-state index in [-0.39, 0.29) is 11.9 Å². The van der Waals surface area contributed by atoms with Gasteiger partial charge in [0.1, 0.15) is 5.75 Å². The Labute approximate surface area is 144 Å². The van der Waals surface area contributed by atoms with E-state index in [4.69, 9.17) is 16.3 Å². The monoisotopic (exact) mass is 339 g/mol. The van der Waals surface area contributed by atoms with Gasteiger partial charge >= 0.3 is 6.01 Å². The summed E-state index contributed by atoms with van der Waals surface area (Å²) in [5, 5.41) is 3.47. The van der Waals surface area contributed by atoms with Crippen molar-refractivity contribution in [1.29, 1.82) is 0 Å². The van der Waals surface area contributed by atoms with E-state index < -0.39 is 0 Å². The van der Waals surface area contributed by atoms with Crippen molar-refractivity contribution in [1.82, 2.24) is 15.3 Å². The third-order valence-electron chi connectivity index (χ3n) is 3.26. The van der Waals surface area contributed by atoms with E-state index in [9.17, 15) is 4.79 Å². The first kappa shape index (κ1) is 16.0. The van der Waals surface area contributed by atoms with Gasteiger partial charge in [0.25, 0.3) is 5.91 Å². The summed E-state index contributed by atoms with van der Waals surface area (Å²) in [6.07, 6.45) is 3.19. The Bertz CT molecular complexity index is 823. The second-order valence-corrected chi connectivity index (χ2v) is 5.34. The van der Waals surface area contributed by atoms with Crippen LogP contribution in [0.3, 0.4) is 0 Å². The van der Waals surface area contributed by atoms with Gasteiger partial charge in [-0.25, -0.2) is 9.97 Å². The molecule has 1 heterocycles. The predicted octanol–water partition coefficient (Wildman–Crippen LogP) is 3.85.